The monoisotopic (exact) mass is 266 g/mol. The third kappa shape index (κ3) is 18.5. The van der Waals surface area contributed by atoms with Crippen LogP contribution in [0.1, 0.15) is 68.2 Å². The molecule has 0 aromatic carbocycles. The second kappa shape index (κ2) is 14.0. The molecule has 17 heavy (non-hydrogen) atoms. The summed E-state index contributed by atoms with van der Waals surface area (Å²) in [6.07, 6.45) is 2.05. The van der Waals surface area contributed by atoms with Crippen molar-refractivity contribution in [2.45, 2.75) is 68.2 Å². The molecule has 0 unspecified atom stereocenters. The average molecular weight is 266 g/mol. The van der Waals surface area contributed by atoms with Crippen LogP contribution in [0.3, 0.4) is 0 Å². The van der Waals surface area contributed by atoms with E-state index in [1.165, 1.54) is 6.42 Å². The molecule has 0 aromatic rings. The second-order valence-corrected chi connectivity index (χ2v) is 6.84. The highest BCUT2D eigenvalue weighted by atomic mass is 32.2. The molecule has 0 saturated heterocycles. The lowest BCUT2D eigenvalue weighted by molar-refractivity contribution is 0.407. The molecule has 0 heterocycles. The van der Waals surface area contributed by atoms with Crippen LogP contribution in [0.25, 0.3) is 0 Å². The van der Waals surface area contributed by atoms with Gasteiger partial charge in [0, 0.05) is 11.5 Å². The van der Waals surface area contributed by atoms with Gasteiger partial charge in [-0.2, -0.15) is 0 Å². The molecule has 0 radical (unpaired) electrons. The number of rotatable bonds is 5. The van der Waals surface area contributed by atoms with Crippen LogP contribution in [0, 0.1) is 11.8 Å². The molecule has 0 amide bonds. The third-order valence-electron chi connectivity index (χ3n) is 2.74. The molecule has 0 bridgehead atoms. The Morgan fingerprint density at radius 2 is 1.35 bits per heavy atom. The van der Waals surface area contributed by atoms with Crippen LogP contribution in [0.15, 0.2) is 0 Å². The van der Waals surface area contributed by atoms with E-state index in [1.54, 1.807) is 6.92 Å². The zero-order chi connectivity index (χ0) is 14.5. The van der Waals surface area contributed by atoms with Gasteiger partial charge in [0.05, 0.1) is 0 Å². The molecule has 0 aliphatic heterocycles. The maximum Gasteiger partial charge on any atom is 0.150 e. The van der Waals surface area contributed by atoms with Crippen molar-refractivity contribution >= 4 is 9.84 Å². The zero-order valence-corrected chi connectivity index (χ0v) is 14.0. The summed E-state index contributed by atoms with van der Waals surface area (Å²) < 4.78 is 21.2. The molecule has 1 atom stereocenters. The Kier molecular flexibility index (Phi) is 18.3. The van der Waals surface area contributed by atoms with Crippen LogP contribution in [-0.4, -0.2) is 19.9 Å². The smallest absolute Gasteiger partial charge is 0.150 e. The van der Waals surface area contributed by atoms with Gasteiger partial charge in [-0.05, 0) is 18.3 Å². The topological polar surface area (TPSA) is 34.1 Å². The molecule has 2 nitrogen and oxygen atoms in total. The quantitative estimate of drug-likeness (QED) is 0.732. The molecule has 0 aromatic heterocycles. The molecule has 0 rings (SSSR count). The minimum atomic E-state index is -2.67. The summed E-state index contributed by atoms with van der Waals surface area (Å²) in [5.74, 6) is 2.38. The van der Waals surface area contributed by atoms with Gasteiger partial charge in [-0.15, -0.1) is 0 Å². The van der Waals surface area contributed by atoms with E-state index in [4.69, 9.17) is 0 Å². The SMILES string of the molecule is CC.CCCS(=O)(=O)CC.CC[C@H](C)C(C)C. The van der Waals surface area contributed by atoms with E-state index in [0.717, 1.165) is 18.3 Å². The van der Waals surface area contributed by atoms with E-state index >= 15 is 0 Å². The van der Waals surface area contributed by atoms with Crippen LogP contribution in [0.2, 0.25) is 0 Å². The zero-order valence-electron chi connectivity index (χ0n) is 13.2. The molecular formula is C14H34O2S. The van der Waals surface area contributed by atoms with Crippen LogP contribution < -0.4 is 0 Å². The van der Waals surface area contributed by atoms with E-state index in [-0.39, 0.29) is 5.75 Å². The molecular weight excluding hydrogens is 232 g/mol. The van der Waals surface area contributed by atoms with Gasteiger partial charge in [0.15, 0.2) is 0 Å². The Morgan fingerprint density at radius 3 is 1.41 bits per heavy atom. The minimum Gasteiger partial charge on any atom is -0.229 e. The van der Waals surface area contributed by atoms with Crippen LogP contribution in [-0.2, 0) is 9.84 Å². The molecule has 0 fully saturated rings. The third-order valence-corrected chi connectivity index (χ3v) is 4.65. The van der Waals surface area contributed by atoms with Crippen LogP contribution >= 0.6 is 0 Å². The molecule has 108 valence electrons. The Morgan fingerprint density at radius 1 is 0.941 bits per heavy atom. The van der Waals surface area contributed by atoms with Crippen molar-refractivity contribution in [2.24, 2.45) is 11.8 Å². The largest absolute Gasteiger partial charge is 0.229 e. The molecule has 0 aliphatic carbocycles. The first kappa shape index (κ1) is 22.2. The van der Waals surface area contributed by atoms with Crippen molar-refractivity contribution in [2.75, 3.05) is 11.5 Å². The van der Waals surface area contributed by atoms with Crippen molar-refractivity contribution in [3.05, 3.63) is 0 Å². The second-order valence-electron chi connectivity index (χ2n) is 4.37. The maximum atomic E-state index is 10.6. The fourth-order valence-electron chi connectivity index (χ4n) is 0.927. The molecule has 0 N–H and O–H groups in total. The van der Waals surface area contributed by atoms with Gasteiger partial charge >= 0.3 is 0 Å². The van der Waals surface area contributed by atoms with Crippen molar-refractivity contribution < 1.29 is 8.42 Å². The highest BCUT2D eigenvalue weighted by Crippen LogP contribution is 2.11. The lowest BCUT2D eigenvalue weighted by Gasteiger charge is -2.10. The summed E-state index contributed by atoms with van der Waals surface area (Å²) in [4.78, 5) is 0. The highest BCUT2D eigenvalue weighted by Gasteiger charge is 2.02. The van der Waals surface area contributed by atoms with Gasteiger partial charge in [0.1, 0.15) is 9.84 Å². The van der Waals surface area contributed by atoms with E-state index in [2.05, 4.69) is 27.7 Å². The molecule has 0 aliphatic rings. The predicted octanol–water partition coefficient (Wildman–Crippen LogP) is 4.55. The Labute approximate surface area is 110 Å². The van der Waals surface area contributed by atoms with E-state index in [0.29, 0.717) is 5.75 Å². The van der Waals surface area contributed by atoms with Gasteiger partial charge in [-0.3, -0.25) is 0 Å². The summed E-state index contributed by atoms with van der Waals surface area (Å²) >= 11 is 0. The van der Waals surface area contributed by atoms with E-state index < -0.39 is 9.84 Å². The lowest BCUT2D eigenvalue weighted by atomic mass is 9.96. The summed E-state index contributed by atoms with van der Waals surface area (Å²) in [5.41, 5.74) is 0. The van der Waals surface area contributed by atoms with Crippen molar-refractivity contribution in [3.63, 3.8) is 0 Å². The fraction of sp³-hybridized carbons (Fsp3) is 1.00. The first-order valence-electron chi connectivity index (χ1n) is 7.01. The lowest BCUT2D eigenvalue weighted by Crippen LogP contribution is -2.06. The van der Waals surface area contributed by atoms with Gasteiger partial charge in [0.2, 0.25) is 0 Å². The first-order valence-corrected chi connectivity index (χ1v) is 8.83. The predicted molar refractivity (Wildman–Crippen MR) is 80.3 cm³/mol. The minimum absolute atomic E-state index is 0.279. The Bertz CT molecular complexity index is 218. The van der Waals surface area contributed by atoms with Gasteiger partial charge in [-0.25, -0.2) is 8.42 Å². The Hall–Kier alpha value is -0.0500. The van der Waals surface area contributed by atoms with Crippen molar-refractivity contribution in [1.82, 2.24) is 0 Å². The fourth-order valence-corrected chi connectivity index (χ4v) is 1.84. The summed E-state index contributed by atoms with van der Waals surface area (Å²) in [6, 6.07) is 0. The normalized spacial score (nSPS) is 12.1. The van der Waals surface area contributed by atoms with Crippen molar-refractivity contribution in [1.29, 1.82) is 0 Å². The average Bonchev–Trinajstić information content (AvgIpc) is 2.31. The van der Waals surface area contributed by atoms with E-state index in [1.807, 2.05) is 20.8 Å². The Balaban J connectivity index is -0.000000202. The number of sulfone groups is 1. The van der Waals surface area contributed by atoms with Gasteiger partial charge in [0.25, 0.3) is 0 Å². The summed E-state index contributed by atoms with van der Waals surface area (Å²) in [5, 5.41) is 0. The first-order chi connectivity index (χ1) is 7.80. The summed E-state index contributed by atoms with van der Waals surface area (Å²) in [7, 11) is -2.67. The molecule has 0 saturated carbocycles. The molecule has 3 heteroatoms. The standard InChI is InChI=1S/C7H16.C5H12O2S.C2H6/c1-5-7(4)6(2)3;1-3-5-8(6,7)4-2;1-2/h6-7H,5H2,1-4H3;3-5H2,1-2H3;1-2H3/t7-;;/m0../s1. The molecule has 0 spiro atoms. The van der Waals surface area contributed by atoms with Crippen molar-refractivity contribution in [3.8, 4) is 0 Å². The summed E-state index contributed by atoms with van der Waals surface area (Å²) in [6.45, 7) is 16.6. The van der Waals surface area contributed by atoms with Gasteiger partial charge < -0.3 is 0 Å². The maximum absolute atomic E-state index is 10.6. The van der Waals surface area contributed by atoms with Gasteiger partial charge in [-0.1, -0.05) is 61.8 Å². The number of hydrogen-bond acceptors (Lipinski definition) is 2. The van der Waals surface area contributed by atoms with Crippen LogP contribution in [0.4, 0.5) is 0 Å². The van der Waals surface area contributed by atoms with E-state index in [9.17, 15) is 8.42 Å². The van der Waals surface area contributed by atoms with Crippen LogP contribution in [0.5, 0.6) is 0 Å². The highest BCUT2D eigenvalue weighted by molar-refractivity contribution is 7.91. The number of hydrogen-bond donors (Lipinski definition) is 0.